The minimum Gasteiger partial charge on any atom is -0.352 e. The minimum absolute atomic E-state index is 0.201. The zero-order chi connectivity index (χ0) is 11.3. The van der Waals surface area contributed by atoms with E-state index in [1.165, 1.54) is 0 Å². The molecule has 6 heteroatoms. The predicted octanol–water partition coefficient (Wildman–Crippen LogP) is 0.696. The van der Waals surface area contributed by atoms with Crippen LogP contribution in [0.15, 0.2) is 0 Å². The predicted molar refractivity (Wildman–Crippen MR) is 54.2 cm³/mol. The number of alkyl halides is 2. The first kappa shape index (κ1) is 12.2. The molecule has 2 N–H and O–H groups in total. The highest BCUT2D eigenvalue weighted by Gasteiger charge is 2.18. The molecule has 4 nitrogen and oxygen atoms in total. The van der Waals surface area contributed by atoms with E-state index >= 15 is 0 Å². The van der Waals surface area contributed by atoms with Crippen LogP contribution in [0.4, 0.5) is 4.39 Å². The standard InChI is InChI=1S/C9H14ClFN2O2/c10-8(11)9(15)12-5-7(14)13-6-3-1-2-4-6/h6,8H,1-5H2,(H,12,15)(H,13,14). The molecule has 0 radical (unpaired) electrons. The Bertz CT molecular complexity index is 242. The van der Waals surface area contributed by atoms with Gasteiger partial charge in [-0.15, -0.1) is 0 Å². The molecule has 1 fully saturated rings. The van der Waals surface area contributed by atoms with E-state index in [1.54, 1.807) is 0 Å². The molecule has 0 aromatic heterocycles. The molecule has 0 aromatic rings. The molecule has 1 unspecified atom stereocenters. The molecule has 2 amide bonds. The first-order valence-corrected chi connectivity index (χ1v) is 5.38. The Labute approximate surface area is 92.5 Å². The van der Waals surface area contributed by atoms with Crippen LogP contribution >= 0.6 is 11.6 Å². The molecule has 0 bridgehead atoms. The van der Waals surface area contributed by atoms with Gasteiger partial charge < -0.3 is 10.6 Å². The van der Waals surface area contributed by atoms with E-state index in [4.69, 9.17) is 11.6 Å². The van der Waals surface area contributed by atoms with Crippen molar-refractivity contribution in [1.29, 1.82) is 0 Å². The number of rotatable bonds is 4. The zero-order valence-electron chi connectivity index (χ0n) is 8.26. The zero-order valence-corrected chi connectivity index (χ0v) is 9.02. The van der Waals surface area contributed by atoms with Crippen LogP contribution in [0.25, 0.3) is 0 Å². The van der Waals surface area contributed by atoms with Crippen LogP contribution in [-0.2, 0) is 9.59 Å². The Morgan fingerprint density at radius 3 is 2.53 bits per heavy atom. The van der Waals surface area contributed by atoms with Crippen molar-refractivity contribution in [3.8, 4) is 0 Å². The van der Waals surface area contributed by atoms with E-state index in [0.29, 0.717) is 0 Å². The van der Waals surface area contributed by atoms with Gasteiger partial charge in [0, 0.05) is 6.04 Å². The van der Waals surface area contributed by atoms with Gasteiger partial charge in [-0.1, -0.05) is 24.4 Å². The highest BCUT2D eigenvalue weighted by molar-refractivity contribution is 6.29. The maximum Gasteiger partial charge on any atom is 0.270 e. The third-order valence-electron chi connectivity index (χ3n) is 2.34. The van der Waals surface area contributed by atoms with Gasteiger partial charge in [-0.2, -0.15) is 0 Å². The minimum atomic E-state index is -2.09. The highest BCUT2D eigenvalue weighted by atomic mass is 35.5. The van der Waals surface area contributed by atoms with Crippen molar-refractivity contribution >= 4 is 23.4 Å². The van der Waals surface area contributed by atoms with Gasteiger partial charge in [-0.25, -0.2) is 4.39 Å². The lowest BCUT2D eigenvalue weighted by molar-refractivity contribution is -0.127. The van der Waals surface area contributed by atoms with Crippen molar-refractivity contribution in [1.82, 2.24) is 10.6 Å². The third kappa shape index (κ3) is 4.46. The second-order valence-corrected chi connectivity index (χ2v) is 3.95. The molecule has 1 rings (SSSR count). The SMILES string of the molecule is O=C(CNC(=O)C(F)Cl)NC1CCCC1. The van der Waals surface area contributed by atoms with Crippen LogP contribution in [0, 0.1) is 0 Å². The van der Waals surface area contributed by atoms with E-state index in [-0.39, 0.29) is 18.5 Å². The Morgan fingerprint density at radius 1 is 1.40 bits per heavy atom. The molecule has 0 spiro atoms. The lowest BCUT2D eigenvalue weighted by atomic mass is 10.2. The Kier molecular flexibility index (Phi) is 4.81. The van der Waals surface area contributed by atoms with Crippen LogP contribution in [0.2, 0.25) is 0 Å². The van der Waals surface area contributed by atoms with Gasteiger partial charge in [0.05, 0.1) is 6.54 Å². The van der Waals surface area contributed by atoms with E-state index in [1.807, 2.05) is 0 Å². The van der Waals surface area contributed by atoms with E-state index in [9.17, 15) is 14.0 Å². The van der Waals surface area contributed by atoms with E-state index < -0.39 is 11.5 Å². The quantitative estimate of drug-likeness (QED) is 0.706. The van der Waals surface area contributed by atoms with Crippen molar-refractivity contribution < 1.29 is 14.0 Å². The summed E-state index contributed by atoms with van der Waals surface area (Å²) >= 11 is 4.87. The topological polar surface area (TPSA) is 58.2 Å². The normalized spacial score (nSPS) is 18.5. The van der Waals surface area contributed by atoms with Crippen molar-refractivity contribution in [3.05, 3.63) is 0 Å². The monoisotopic (exact) mass is 236 g/mol. The van der Waals surface area contributed by atoms with Crippen molar-refractivity contribution in [3.63, 3.8) is 0 Å². The Morgan fingerprint density at radius 2 is 2.00 bits per heavy atom. The third-order valence-corrected chi connectivity index (χ3v) is 2.54. The van der Waals surface area contributed by atoms with Gasteiger partial charge in [0.1, 0.15) is 0 Å². The summed E-state index contributed by atoms with van der Waals surface area (Å²) in [6, 6.07) is 0.201. The van der Waals surface area contributed by atoms with Crippen molar-refractivity contribution in [2.45, 2.75) is 37.4 Å². The maximum atomic E-state index is 12.2. The molecule has 0 aromatic carbocycles. The van der Waals surface area contributed by atoms with E-state index in [2.05, 4.69) is 10.6 Å². The van der Waals surface area contributed by atoms with Crippen molar-refractivity contribution in [2.75, 3.05) is 6.54 Å². The summed E-state index contributed by atoms with van der Waals surface area (Å²) in [6.07, 6.45) is 4.18. The van der Waals surface area contributed by atoms with Gasteiger partial charge in [-0.05, 0) is 12.8 Å². The molecule has 0 aliphatic heterocycles. The fourth-order valence-electron chi connectivity index (χ4n) is 1.59. The fraction of sp³-hybridized carbons (Fsp3) is 0.778. The summed E-state index contributed by atoms with van der Waals surface area (Å²) in [6.45, 7) is -0.220. The average Bonchev–Trinajstić information content (AvgIpc) is 2.66. The molecule has 86 valence electrons. The summed E-state index contributed by atoms with van der Waals surface area (Å²) in [5.74, 6) is -1.27. The second kappa shape index (κ2) is 5.90. The summed E-state index contributed by atoms with van der Waals surface area (Å²) < 4.78 is 12.2. The van der Waals surface area contributed by atoms with Gasteiger partial charge in [0.15, 0.2) is 0 Å². The number of amides is 2. The maximum absolute atomic E-state index is 12.2. The Balaban J connectivity index is 2.15. The first-order chi connectivity index (χ1) is 7.09. The molecule has 1 saturated carbocycles. The summed E-state index contributed by atoms with van der Waals surface area (Å²) in [7, 11) is 0. The molecular weight excluding hydrogens is 223 g/mol. The van der Waals surface area contributed by atoms with Crippen LogP contribution in [0.5, 0.6) is 0 Å². The largest absolute Gasteiger partial charge is 0.352 e. The number of hydrogen-bond acceptors (Lipinski definition) is 2. The molecule has 1 aliphatic rings. The lowest BCUT2D eigenvalue weighted by Gasteiger charge is -2.12. The summed E-state index contributed by atoms with van der Waals surface area (Å²) in [4.78, 5) is 21.9. The molecule has 1 aliphatic carbocycles. The summed E-state index contributed by atoms with van der Waals surface area (Å²) in [5, 5.41) is 4.85. The van der Waals surface area contributed by atoms with Crippen LogP contribution in [0.1, 0.15) is 25.7 Å². The van der Waals surface area contributed by atoms with Crippen LogP contribution in [0.3, 0.4) is 0 Å². The molecule has 0 saturated heterocycles. The summed E-state index contributed by atoms with van der Waals surface area (Å²) in [5.41, 5.74) is -2.09. The number of halogens is 2. The van der Waals surface area contributed by atoms with Crippen LogP contribution in [-0.4, -0.2) is 30.0 Å². The average molecular weight is 237 g/mol. The van der Waals surface area contributed by atoms with Crippen LogP contribution < -0.4 is 10.6 Å². The molecule has 1 atom stereocenters. The number of carbonyl (C=O) groups excluding carboxylic acids is 2. The Hall–Kier alpha value is -0.840. The van der Waals surface area contributed by atoms with Gasteiger partial charge in [-0.3, -0.25) is 9.59 Å². The fourth-order valence-corrected chi connectivity index (χ4v) is 1.67. The number of nitrogens with one attached hydrogen (secondary N) is 2. The van der Waals surface area contributed by atoms with Gasteiger partial charge in [0.2, 0.25) is 5.91 Å². The van der Waals surface area contributed by atoms with Gasteiger partial charge in [0.25, 0.3) is 11.5 Å². The molecule has 15 heavy (non-hydrogen) atoms. The first-order valence-electron chi connectivity index (χ1n) is 4.95. The smallest absolute Gasteiger partial charge is 0.270 e. The number of hydrogen-bond donors (Lipinski definition) is 2. The van der Waals surface area contributed by atoms with Gasteiger partial charge >= 0.3 is 0 Å². The highest BCUT2D eigenvalue weighted by Crippen LogP contribution is 2.17. The number of carbonyl (C=O) groups is 2. The lowest BCUT2D eigenvalue weighted by Crippen LogP contribution is -2.42. The molecule has 0 heterocycles. The second-order valence-electron chi connectivity index (χ2n) is 3.57. The molecular formula is C9H14ClFN2O2. The van der Waals surface area contributed by atoms with Crippen molar-refractivity contribution in [2.24, 2.45) is 0 Å². The van der Waals surface area contributed by atoms with E-state index in [0.717, 1.165) is 25.7 Å².